The van der Waals surface area contributed by atoms with Gasteiger partial charge in [0.25, 0.3) is 5.91 Å². The number of aromatic hydroxyl groups is 1. The van der Waals surface area contributed by atoms with Crippen LogP contribution in [-0.2, 0) is 0 Å². The van der Waals surface area contributed by atoms with Crippen LogP contribution in [0.25, 0.3) is 16.9 Å². The lowest BCUT2D eigenvalue weighted by Gasteiger charge is -2.12. The second-order valence-corrected chi connectivity index (χ2v) is 6.15. The van der Waals surface area contributed by atoms with Crippen molar-refractivity contribution in [2.45, 2.75) is 6.61 Å². The number of carbonyl (C=O) groups excluding carboxylic acids is 1. The van der Waals surface area contributed by atoms with Crippen LogP contribution in [0.15, 0.2) is 42.9 Å². The highest BCUT2D eigenvalue weighted by molar-refractivity contribution is 6.31. The quantitative estimate of drug-likeness (QED) is 0.456. The van der Waals surface area contributed by atoms with Gasteiger partial charge in [-0.2, -0.15) is 13.9 Å². The zero-order valence-corrected chi connectivity index (χ0v) is 15.1. The van der Waals surface area contributed by atoms with Crippen molar-refractivity contribution in [2.24, 2.45) is 0 Å². The van der Waals surface area contributed by atoms with Gasteiger partial charge in [-0.3, -0.25) is 9.89 Å². The number of aromatic nitrogens is 5. The Labute approximate surface area is 165 Å². The lowest BCUT2D eigenvalue weighted by molar-refractivity contribution is -0.0494. The molecule has 12 heteroatoms. The van der Waals surface area contributed by atoms with Gasteiger partial charge in [0.2, 0.25) is 5.88 Å². The Morgan fingerprint density at radius 1 is 1.38 bits per heavy atom. The van der Waals surface area contributed by atoms with Crippen molar-refractivity contribution in [3.8, 4) is 22.9 Å². The topological polar surface area (TPSA) is 117 Å². The number of alkyl halides is 2. The Hall–Kier alpha value is -3.73. The summed E-state index contributed by atoms with van der Waals surface area (Å²) in [6, 6.07) is 5.63. The number of hydrogen-bond donors (Lipinski definition) is 3. The third-order valence-corrected chi connectivity index (χ3v) is 4.15. The van der Waals surface area contributed by atoms with Crippen LogP contribution in [0.3, 0.4) is 0 Å². The van der Waals surface area contributed by atoms with Gasteiger partial charge in [0.05, 0.1) is 17.6 Å². The maximum Gasteiger partial charge on any atom is 0.387 e. The number of fused-ring (bicyclic) bond motifs is 1. The first-order valence-corrected chi connectivity index (χ1v) is 8.43. The molecule has 0 spiro atoms. The molecule has 0 aliphatic rings. The van der Waals surface area contributed by atoms with E-state index in [9.17, 15) is 18.7 Å². The first-order valence-electron chi connectivity index (χ1n) is 8.06. The number of anilines is 1. The van der Waals surface area contributed by atoms with Crippen LogP contribution in [-0.4, -0.2) is 42.4 Å². The van der Waals surface area contributed by atoms with E-state index in [1.807, 2.05) is 0 Å². The van der Waals surface area contributed by atoms with Gasteiger partial charge >= 0.3 is 6.61 Å². The van der Waals surface area contributed by atoms with Crippen molar-refractivity contribution < 1.29 is 23.4 Å². The van der Waals surface area contributed by atoms with E-state index in [1.165, 1.54) is 41.3 Å². The molecule has 4 rings (SSSR count). The van der Waals surface area contributed by atoms with E-state index in [0.717, 1.165) is 0 Å². The first kappa shape index (κ1) is 18.6. The average molecular weight is 421 g/mol. The van der Waals surface area contributed by atoms with Crippen molar-refractivity contribution in [1.82, 2.24) is 24.8 Å². The monoisotopic (exact) mass is 420 g/mol. The van der Waals surface area contributed by atoms with Crippen molar-refractivity contribution in [2.75, 3.05) is 5.32 Å². The Balaban J connectivity index is 1.71. The Bertz CT molecular complexity index is 1210. The van der Waals surface area contributed by atoms with Crippen molar-refractivity contribution in [3.63, 3.8) is 0 Å². The van der Waals surface area contributed by atoms with Crippen LogP contribution in [0.4, 0.5) is 14.5 Å². The number of benzene rings is 1. The summed E-state index contributed by atoms with van der Waals surface area (Å²) >= 11 is 5.98. The summed E-state index contributed by atoms with van der Waals surface area (Å²) in [6.45, 7) is -3.06. The van der Waals surface area contributed by atoms with E-state index in [-0.39, 0.29) is 38.9 Å². The molecule has 0 radical (unpaired) electrons. The van der Waals surface area contributed by atoms with Crippen LogP contribution in [0.5, 0.6) is 11.6 Å². The Kier molecular flexibility index (Phi) is 4.72. The minimum absolute atomic E-state index is 0.136. The molecule has 0 saturated heterocycles. The molecule has 1 aromatic carbocycles. The molecular weight excluding hydrogens is 410 g/mol. The third kappa shape index (κ3) is 3.55. The zero-order valence-electron chi connectivity index (χ0n) is 14.3. The summed E-state index contributed by atoms with van der Waals surface area (Å²) in [5.41, 5.74) is 0.462. The number of rotatable bonds is 5. The van der Waals surface area contributed by atoms with Crippen LogP contribution in [0.2, 0.25) is 5.02 Å². The second kappa shape index (κ2) is 7.36. The maximum atomic E-state index is 12.7. The highest BCUT2D eigenvalue weighted by Gasteiger charge is 2.23. The number of carbonyl (C=O) groups is 1. The Morgan fingerprint density at radius 3 is 3.00 bits per heavy atom. The molecule has 0 fully saturated rings. The zero-order chi connectivity index (χ0) is 20.5. The van der Waals surface area contributed by atoms with Gasteiger partial charge < -0.3 is 15.2 Å². The summed E-state index contributed by atoms with van der Waals surface area (Å²) in [5.74, 6) is -1.41. The van der Waals surface area contributed by atoms with Gasteiger partial charge in [0.1, 0.15) is 11.3 Å². The van der Waals surface area contributed by atoms with Gasteiger partial charge in [0, 0.05) is 23.0 Å². The minimum Gasteiger partial charge on any atom is -0.492 e. The van der Waals surface area contributed by atoms with Crippen LogP contribution in [0, 0.1) is 0 Å². The molecule has 0 aliphatic heterocycles. The predicted octanol–water partition coefficient (Wildman–Crippen LogP) is 3.33. The van der Waals surface area contributed by atoms with Crippen LogP contribution in [0.1, 0.15) is 10.4 Å². The molecule has 3 aromatic heterocycles. The predicted molar refractivity (Wildman–Crippen MR) is 98.3 cm³/mol. The van der Waals surface area contributed by atoms with Crippen molar-refractivity contribution in [3.05, 3.63) is 53.4 Å². The van der Waals surface area contributed by atoms with E-state index in [4.69, 9.17) is 11.6 Å². The van der Waals surface area contributed by atoms with E-state index in [2.05, 4.69) is 30.3 Å². The van der Waals surface area contributed by atoms with Gasteiger partial charge in [-0.15, -0.1) is 5.10 Å². The highest BCUT2D eigenvalue weighted by Crippen LogP contribution is 2.36. The summed E-state index contributed by atoms with van der Waals surface area (Å²) in [4.78, 5) is 16.8. The number of halogens is 3. The fourth-order valence-corrected chi connectivity index (χ4v) is 2.92. The average Bonchev–Trinajstić information content (AvgIpc) is 3.25. The second-order valence-electron chi connectivity index (χ2n) is 5.72. The lowest BCUT2D eigenvalue weighted by atomic mass is 10.1. The molecular formula is C17H11ClF2N6O3. The van der Waals surface area contributed by atoms with E-state index >= 15 is 0 Å². The summed E-state index contributed by atoms with van der Waals surface area (Å²) in [7, 11) is 0. The first-order chi connectivity index (χ1) is 13.9. The fourth-order valence-electron chi connectivity index (χ4n) is 2.75. The van der Waals surface area contributed by atoms with Crippen molar-refractivity contribution >= 4 is 28.8 Å². The number of aromatic amines is 1. The molecule has 29 heavy (non-hydrogen) atoms. The number of nitrogens with one attached hydrogen (secondary N) is 2. The number of hydrogen-bond acceptors (Lipinski definition) is 6. The number of ether oxygens (including phenoxy) is 1. The summed E-state index contributed by atoms with van der Waals surface area (Å²) in [6.07, 6.45) is 4.23. The normalized spacial score (nSPS) is 11.2. The third-order valence-electron chi connectivity index (χ3n) is 3.92. The number of amides is 1. The maximum absolute atomic E-state index is 12.7. The molecule has 0 unspecified atom stereocenters. The molecule has 0 aliphatic carbocycles. The fraction of sp³-hybridized carbons (Fsp3) is 0.0588. The van der Waals surface area contributed by atoms with Crippen molar-refractivity contribution in [1.29, 1.82) is 0 Å². The lowest BCUT2D eigenvalue weighted by Crippen LogP contribution is -2.12. The van der Waals surface area contributed by atoms with E-state index in [1.54, 1.807) is 6.07 Å². The molecule has 3 N–H and O–H groups in total. The molecule has 0 bridgehead atoms. The summed E-state index contributed by atoms with van der Waals surface area (Å²) < 4.78 is 31.2. The van der Waals surface area contributed by atoms with Crippen LogP contribution < -0.4 is 10.1 Å². The largest absolute Gasteiger partial charge is 0.492 e. The minimum atomic E-state index is -3.06. The van der Waals surface area contributed by atoms with E-state index in [0.29, 0.717) is 0 Å². The smallest absolute Gasteiger partial charge is 0.387 e. The summed E-state index contributed by atoms with van der Waals surface area (Å²) in [5, 5.41) is 23.1. The standard InChI is InChI=1S/C17H11ClF2N6O3/c18-8-2-3-11(29-17(19)20)9(6-8)13-10(7-22-24-13)23-15(27)12-14-21-4-1-5-26(14)25-16(12)28/h1-7,17H,(H,22,24)(H,23,27)(H,25,28). The molecule has 4 aromatic rings. The Morgan fingerprint density at radius 2 is 2.21 bits per heavy atom. The molecule has 1 amide bonds. The van der Waals surface area contributed by atoms with Gasteiger partial charge in [-0.05, 0) is 24.3 Å². The van der Waals surface area contributed by atoms with Gasteiger partial charge in [-0.25, -0.2) is 9.50 Å². The number of H-pyrrole nitrogens is 1. The highest BCUT2D eigenvalue weighted by atomic mass is 35.5. The van der Waals surface area contributed by atoms with E-state index < -0.39 is 18.4 Å². The molecule has 0 atom stereocenters. The van der Waals surface area contributed by atoms with Gasteiger partial charge in [-0.1, -0.05) is 11.6 Å². The molecule has 3 heterocycles. The van der Waals surface area contributed by atoms with Crippen LogP contribution >= 0.6 is 11.6 Å². The SMILES string of the molecule is O=C(Nc1cn[nH]c1-c1cc(Cl)ccc1OC(F)F)c1c(O)nn2cccnc12. The van der Waals surface area contributed by atoms with Gasteiger partial charge in [0.15, 0.2) is 5.65 Å². The molecule has 0 saturated carbocycles. The number of nitrogens with zero attached hydrogens (tertiary/aromatic N) is 4. The molecule has 148 valence electrons. The molecule has 9 nitrogen and oxygen atoms in total.